The van der Waals surface area contributed by atoms with Crippen LogP contribution in [0.15, 0.2) is 24.3 Å². The van der Waals surface area contributed by atoms with Gasteiger partial charge in [-0.1, -0.05) is 155 Å². The molecule has 1 unspecified atom stereocenters. The first-order valence-corrected chi connectivity index (χ1v) is 20.7. The highest BCUT2D eigenvalue weighted by Crippen LogP contribution is 2.18. The molecule has 0 radical (unpaired) electrons. The quantitative estimate of drug-likeness (QED) is 0.0417. The van der Waals surface area contributed by atoms with Gasteiger partial charge in [0.1, 0.15) is 17.9 Å². The first-order chi connectivity index (χ1) is 25.0. The molecule has 0 fully saturated rings. The molecule has 4 N–H and O–H groups in total. The second kappa shape index (κ2) is 30.4. The molecule has 52 heavy (non-hydrogen) atoms. The Morgan fingerprint density at radius 1 is 0.615 bits per heavy atom. The van der Waals surface area contributed by atoms with E-state index in [0.29, 0.717) is 18.4 Å². The van der Waals surface area contributed by atoms with E-state index in [-0.39, 0.29) is 31.1 Å². The number of carboxylic acids is 1. The molecule has 1 aromatic carbocycles. The maximum atomic E-state index is 12.9. The average molecular weight is 731 g/mol. The summed E-state index contributed by atoms with van der Waals surface area (Å²) in [7, 11) is 0. The number of esters is 1. The molecule has 0 aliphatic carbocycles. The van der Waals surface area contributed by atoms with Crippen LogP contribution in [-0.2, 0) is 30.3 Å². The first kappa shape index (κ1) is 46.9. The molecule has 0 saturated carbocycles. The summed E-state index contributed by atoms with van der Waals surface area (Å²) in [6.07, 6.45) is 24.1. The smallest absolute Gasteiger partial charge is 0.326 e. The number of hydrogen-bond donors (Lipinski definition) is 4. The van der Waals surface area contributed by atoms with Crippen molar-refractivity contribution in [1.29, 1.82) is 0 Å². The lowest BCUT2D eigenvalue weighted by atomic mass is 10.0. The number of unbranched alkanes of at least 4 members (excludes halogenated alkanes) is 16. The molecule has 1 aromatic rings. The fraction of sp³-hybridized carbons (Fsp3) is 0.767. The summed E-state index contributed by atoms with van der Waals surface area (Å²) >= 11 is 0. The third kappa shape index (κ3) is 27.5. The number of aromatic hydroxyl groups is 1. The van der Waals surface area contributed by atoms with Crippen molar-refractivity contribution in [2.75, 3.05) is 6.54 Å². The van der Waals surface area contributed by atoms with Crippen molar-refractivity contribution in [3.05, 3.63) is 29.8 Å². The molecule has 0 aromatic heterocycles. The average Bonchev–Trinajstić information content (AvgIpc) is 3.08. The minimum atomic E-state index is -1.20. The number of ether oxygens (including phenoxy) is 1. The number of phenols is 1. The van der Waals surface area contributed by atoms with Crippen molar-refractivity contribution in [2.45, 2.75) is 194 Å². The van der Waals surface area contributed by atoms with Gasteiger partial charge in [0.15, 0.2) is 0 Å². The van der Waals surface area contributed by atoms with Gasteiger partial charge < -0.3 is 25.6 Å². The van der Waals surface area contributed by atoms with Crippen LogP contribution >= 0.6 is 0 Å². The predicted octanol–water partition coefficient (Wildman–Crippen LogP) is 9.82. The van der Waals surface area contributed by atoms with Gasteiger partial charge in [0.2, 0.25) is 11.8 Å². The Morgan fingerprint density at radius 3 is 1.52 bits per heavy atom. The van der Waals surface area contributed by atoms with E-state index in [2.05, 4.69) is 38.3 Å². The summed E-state index contributed by atoms with van der Waals surface area (Å²) in [5.74, 6) is -0.892. The molecule has 9 nitrogen and oxygen atoms in total. The van der Waals surface area contributed by atoms with Gasteiger partial charge in [0.05, 0.1) is 13.0 Å². The van der Waals surface area contributed by atoms with Gasteiger partial charge in [-0.25, -0.2) is 4.79 Å². The highest BCUT2D eigenvalue weighted by atomic mass is 16.5. The Labute approximate surface area is 315 Å². The largest absolute Gasteiger partial charge is 0.508 e. The van der Waals surface area contributed by atoms with Crippen molar-refractivity contribution in [1.82, 2.24) is 10.6 Å². The highest BCUT2D eigenvalue weighted by molar-refractivity contribution is 5.88. The zero-order chi connectivity index (χ0) is 38.4. The van der Waals surface area contributed by atoms with Gasteiger partial charge in [-0.05, 0) is 48.8 Å². The normalized spacial score (nSPS) is 12.5. The van der Waals surface area contributed by atoms with Gasteiger partial charge in [0.25, 0.3) is 0 Å². The van der Waals surface area contributed by atoms with E-state index >= 15 is 0 Å². The number of phenolic OH excluding ortho intramolecular Hbond substituents is 1. The van der Waals surface area contributed by atoms with Gasteiger partial charge in [-0.15, -0.1) is 0 Å². The van der Waals surface area contributed by atoms with E-state index in [1.54, 1.807) is 12.1 Å². The monoisotopic (exact) mass is 731 g/mol. The first-order valence-electron chi connectivity index (χ1n) is 20.7. The SMILES string of the molecule is CC(C)CCCCCCCCCCCC(=O)OC(CCCCCCCCCCCC(C)C)CC(=O)NCC(=O)N[C@@H](Cc1ccc(O)cc1)C(=O)O. The molecular formula is C43H74N2O7. The molecule has 0 heterocycles. The minimum Gasteiger partial charge on any atom is -0.508 e. The van der Waals surface area contributed by atoms with Crippen LogP contribution in [0.2, 0.25) is 0 Å². The van der Waals surface area contributed by atoms with E-state index in [4.69, 9.17) is 4.74 Å². The van der Waals surface area contributed by atoms with Crippen LogP contribution in [-0.4, -0.2) is 52.7 Å². The molecule has 0 bridgehead atoms. The van der Waals surface area contributed by atoms with Crippen LogP contribution in [0, 0.1) is 11.8 Å². The van der Waals surface area contributed by atoms with Crippen molar-refractivity contribution < 1.29 is 34.1 Å². The number of carbonyl (C=O) groups is 4. The molecule has 1 rings (SSSR count). The molecule has 0 saturated heterocycles. The minimum absolute atomic E-state index is 0.0319. The molecule has 0 aliphatic heterocycles. The van der Waals surface area contributed by atoms with E-state index in [1.807, 2.05) is 0 Å². The maximum Gasteiger partial charge on any atom is 0.326 e. The predicted molar refractivity (Wildman–Crippen MR) is 210 cm³/mol. The van der Waals surface area contributed by atoms with E-state index in [9.17, 15) is 29.4 Å². The number of carbonyl (C=O) groups excluding carboxylic acids is 3. The fourth-order valence-corrected chi connectivity index (χ4v) is 6.44. The lowest BCUT2D eigenvalue weighted by Crippen LogP contribution is -2.46. The molecule has 2 amide bonds. The third-order valence-electron chi connectivity index (χ3n) is 9.64. The van der Waals surface area contributed by atoms with E-state index in [0.717, 1.165) is 50.4 Å². The summed E-state index contributed by atoms with van der Waals surface area (Å²) in [5.41, 5.74) is 0.638. The summed E-state index contributed by atoms with van der Waals surface area (Å²) in [6, 6.07) is 4.90. The number of nitrogens with one attached hydrogen (secondary N) is 2. The van der Waals surface area contributed by atoms with E-state index < -0.39 is 29.9 Å². The Hall–Kier alpha value is -3.10. The second-order valence-corrected chi connectivity index (χ2v) is 15.7. The molecule has 2 atom stereocenters. The van der Waals surface area contributed by atoms with Crippen LogP contribution in [0.5, 0.6) is 5.75 Å². The van der Waals surface area contributed by atoms with Crippen LogP contribution in [0.3, 0.4) is 0 Å². The van der Waals surface area contributed by atoms with Gasteiger partial charge in [0, 0.05) is 12.8 Å². The molecular weight excluding hydrogens is 656 g/mol. The van der Waals surface area contributed by atoms with Gasteiger partial charge >= 0.3 is 11.9 Å². The fourth-order valence-electron chi connectivity index (χ4n) is 6.44. The summed E-state index contributed by atoms with van der Waals surface area (Å²) in [6.45, 7) is 8.73. The van der Waals surface area contributed by atoms with Crippen LogP contribution in [0.4, 0.5) is 0 Å². The standard InChI is InChI=1S/C43H74N2O7/c1-34(2)23-19-15-11-7-5-9-13-17-21-25-38(52-42(49)26-22-18-14-10-6-8-12-16-20-24-35(3)4)32-40(47)44-33-41(48)45-39(43(50)51)31-36-27-29-37(46)30-28-36/h27-30,34-35,38-39,46H,5-26,31-33H2,1-4H3,(H,44,47)(H,45,48)(H,50,51)/t38?,39-/m0/s1. The van der Waals surface area contributed by atoms with Crippen molar-refractivity contribution in [3.8, 4) is 5.75 Å². The maximum absolute atomic E-state index is 12.9. The lowest BCUT2D eigenvalue weighted by molar-refractivity contribution is -0.151. The zero-order valence-electron chi connectivity index (χ0n) is 33.2. The molecule has 0 spiro atoms. The number of hydrogen-bond acceptors (Lipinski definition) is 6. The Kier molecular flexibility index (Phi) is 27.4. The number of amides is 2. The Balaban J connectivity index is 2.46. The topological polar surface area (TPSA) is 142 Å². The zero-order valence-corrected chi connectivity index (χ0v) is 33.2. The van der Waals surface area contributed by atoms with Gasteiger partial charge in [-0.3, -0.25) is 14.4 Å². The Bertz CT molecular complexity index is 1090. The van der Waals surface area contributed by atoms with Crippen molar-refractivity contribution in [3.63, 3.8) is 0 Å². The van der Waals surface area contributed by atoms with E-state index in [1.165, 1.54) is 102 Å². The molecule has 298 valence electrons. The summed E-state index contributed by atoms with van der Waals surface area (Å²) in [5, 5.41) is 24.1. The molecule has 9 heteroatoms. The van der Waals surface area contributed by atoms with Crippen molar-refractivity contribution in [2.24, 2.45) is 11.8 Å². The number of rotatable bonds is 33. The summed E-state index contributed by atoms with van der Waals surface area (Å²) < 4.78 is 5.80. The molecule has 0 aliphatic rings. The number of carboxylic acid groups (broad SMARTS) is 1. The third-order valence-corrected chi connectivity index (χ3v) is 9.64. The van der Waals surface area contributed by atoms with Crippen molar-refractivity contribution >= 4 is 23.8 Å². The van der Waals surface area contributed by atoms with Crippen LogP contribution in [0.1, 0.15) is 181 Å². The summed E-state index contributed by atoms with van der Waals surface area (Å²) in [4.78, 5) is 49.9. The van der Waals surface area contributed by atoms with Crippen LogP contribution in [0.25, 0.3) is 0 Å². The second-order valence-electron chi connectivity index (χ2n) is 15.7. The van der Waals surface area contributed by atoms with Gasteiger partial charge in [-0.2, -0.15) is 0 Å². The lowest BCUT2D eigenvalue weighted by Gasteiger charge is -2.18. The highest BCUT2D eigenvalue weighted by Gasteiger charge is 2.22. The Morgan fingerprint density at radius 2 is 1.06 bits per heavy atom. The number of aliphatic carboxylic acids is 1. The van der Waals surface area contributed by atoms with Crippen LogP contribution < -0.4 is 10.6 Å². The number of benzene rings is 1.